The van der Waals surface area contributed by atoms with Crippen LogP contribution in [0.15, 0.2) is 0 Å². The van der Waals surface area contributed by atoms with Gasteiger partial charge in [-0.1, -0.05) is 187 Å². The van der Waals surface area contributed by atoms with Crippen molar-refractivity contribution in [3.8, 4) is 0 Å². The second-order valence-electron chi connectivity index (χ2n) is 16.0. The van der Waals surface area contributed by atoms with Gasteiger partial charge in [0.05, 0.1) is 0 Å². The minimum Gasteiger partial charge on any atom is -0.0654 e. The second kappa shape index (κ2) is 22.5. The van der Waals surface area contributed by atoms with Crippen LogP contribution in [0.4, 0.5) is 0 Å². The van der Waals surface area contributed by atoms with Crippen molar-refractivity contribution in [2.75, 3.05) is 0 Å². The van der Waals surface area contributed by atoms with E-state index in [1.54, 1.807) is 0 Å². The van der Waals surface area contributed by atoms with E-state index < -0.39 is 0 Å². The van der Waals surface area contributed by atoms with Gasteiger partial charge >= 0.3 is 0 Å². The average molecular weight is 577 g/mol. The molecule has 13 atom stereocenters. The van der Waals surface area contributed by atoms with Gasteiger partial charge in [0, 0.05) is 0 Å². The largest absolute Gasteiger partial charge is 0.0654 e. The third kappa shape index (κ3) is 14.1. The van der Waals surface area contributed by atoms with Gasteiger partial charge in [-0.3, -0.25) is 0 Å². The Labute approximate surface area is 263 Å². The van der Waals surface area contributed by atoms with Gasteiger partial charge < -0.3 is 0 Å². The molecule has 0 nitrogen and oxygen atoms in total. The zero-order chi connectivity index (χ0) is 31.7. The van der Waals surface area contributed by atoms with E-state index in [1.807, 2.05) is 0 Å². The molecular weight excluding hydrogens is 492 g/mol. The molecule has 0 aromatic rings. The highest BCUT2D eigenvalue weighted by molar-refractivity contribution is 4.86. The van der Waals surface area contributed by atoms with Crippen LogP contribution < -0.4 is 0 Å². The molecular formula is C41H84. The maximum Gasteiger partial charge on any atom is -0.0357 e. The first-order chi connectivity index (χ1) is 19.3. The summed E-state index contributed by atoms with van der Waals surface area (Å²) in [6.45, 7) is 37.9. The quantitative estimate of drug-likeness (QED) is 0.0948. The highest BCUT2D eigenvalue weighted by Crippen LogP contribution is 2.44. The van der Waals surface area contributed by atoms with E-state index in [0.29, 0.717) is 0 Å². The molecule has 0 aliphatic heterocycles. The fraction of sp³-hybridized carbons (Fsp3) is 1.00. The van der Waals surface area contributed by atoms with E-state index in [-0.39, 0.29) is 0 Å². The Hall–Kier alpha value is 0. The zero-order valence-electron chi connectivity index (χ0n) is 31.7. The molecule has 0 N–H and O–H groups in total. The first-order valence-corrected chi connectivity index (χ1v) is 19.3. The minimum absolute atomic E-state index is 0.777. The molecule has 0 spiro atoms. The van der Waals surface area contributed by atoms with Gasteiger partial charge in [0.25, 0.3) is 0 Å². The van der Waals surface area contributed by atoms with Crippen molar-refractivity contribution in [1.29, 1.82) is 0 Å². The summed E-state index contributed by atoms with van der Waals surface area (Å²) in [7, 11) is 0. The Morgan fingerprint density at radius 1 is 0.317 bits per heavy atom. The molecule has 13 unspecified atom stereocenters. The van der Waals surface area contributed by atoms with Gasteiger partial charge in [0.2, 0.25) is 0 Å². The summed E-state index contributed by atoms with van der Waals surface area (Å²) in [4.78, 5) is 0. The van der Waals surface area contributed by atoms with Crippen molar-refractivity contribution in [1.82, 2.24) is 0 Å². The lowest BCUT2D eigenvalue weighted by molar-refractivity contribution is 0.0548. The molecule has 0 heteroatoms. The summed E-state index contributed by atoms with van der Waals surface area (Å²) >= 11 is 0. The highest BCUT2D eigenvalue weighted by atomic mass is 14.4. The highest BCUT2D eigenvalue weighted by Gasteiger charge is 2.37. The van der Waals surface area contributed by atoms with E-state index in [1.165, 1.54) is 83.5 Å². The normalized spacial score (nSPS) is 22.0. The van der Waals surface area contributed by atoms with Crippen LogP contribution >= 0.6 is 0 Å². The number of hydrogen-bond acceptors (Lipinski definition) is 0. The van der Waals surface area contributed by atoms with Crippen LogP contribution in [-0.4, -0.2) is 0 Å². The lowest BCUT2D eigenvalue weighted by Crippen LogP contribution is -2.37. The molecule has 0 saturated carbocycles. The number of unbranched alkanes of at least 4 members (excludes halogenated alkanes) is 2. The van der Waals surface area contributed by atoms with Gasteiger partial charge in [-0.05, 0) is 76.9 Å². The average Bonchev–Trinajstić information content (AvgIpc) is 2.95. The van der Waals surface area contributed by atoms with E-state index in [9.17, 15) is 0 Å². The smallest absolute Gasteiger partial charge is 0.0357 e. The Bertz CT molecular complexity index is 593. The Kier molecular flexibility index (Phi) is 22.5. The van der Waals surface area contributed by atoms with E-state index in [4.69, 9.17) is 0 Å². The Morgan fingerprint density at radius 2 is 0.732 bits per heavy atom. The zero-order valence-corrected chi connectivity index (χ0v) is 31.7. The molecule has 0 bridgehead atoms. The van der Waals surface area contributed by atoms with Crippen molar-refractivity contribution in [2.45, 2.75) is 187 Å². The molecule has 0 aromatic heterocycles. The van der Waals surface area contributed by atoms with Crippen LogP contribution in [0.2, 0.25) is 0 Å². The predicted octanol–water partition coefficient (Wildman–Crippen LogP) is 14.4. The SMILES string of the molecule is CCCC(C)CCCCCC(CCC)C(C)C(C)C(CCC)C(C)C(C)C(C)C(C)C(C)C(C)C(C)C(C)CCC. The molecule has 0 aromatic carbocycles. The number of rotatable bonds is 25. The fourth-order valence-corrected chi connectivity index (χ4v) is 8.93. The third-order valence-corrected chi connectivity index (χ3v) is 13.4. The summed E-state index contributed by atoms with van der Waals surface area (Å²) in [5.41, 5.74) is 0. The predicted molar refractivity (Wildman–Crippen MR) is 191 cm³/mol. The molecule has 0 fully saturated rings. The minimum atomic E-state index is 0.777. The molecule has 0 rings (SSSR count). The first kappa shape index (κ1) is 41.0. The molecule has 0 radical (unpaired) electrons. The molecule has 0 aliphatic carbocycles. The summed E-state index contributed by atoms with van der Waals surface area (Å²) < 4.78 is 0. The van der Waals surface area contributed by atoms with Crippen molar-refractivity contribution in [3.05, 3.63) is 0 Å². The monoisotopic (exact) mass is 577 g/mol. The summed E-state index contributed by atoms with van der Waals surface area (Å²) in [6.07, 6.45) is 18.2. The van der Waals surface area contributed by atoms with Gasteiger partial charge in [-0.15, -0.1) is 0 Å². The topological polar surface area (TPSA) is 0 Å². The summed E-state index contributed by atoms with van der Waals surface area (Å²) in [6, 6.07) is 0. The van der Waals surface area contributed by atoms with Crippen LogP contribution in [0.25, 0.3) is 0 Å². The molecule has 0 saturated heterocycles. The summed E-state index contributed by atoms with van der Waals surface area (Å²) in [5.74, 6) is 10.7. The van der Waals surface area contributed by atoms with Crippen LogP contribution in [-0.2, 0) is 0 Å². The maximum atomic E-state index is 2.65. The lowest BCUT2D eigenvalue weighted by atomic mass is 9.62. The molecule has 0 heterocycles. The van der Waals surface area contributed by atoms with Crippen molar-refractivity contribution in [2.24, 2.45) is 76.9 Å². The van der Waals surface area contributed by atoms with Crippen molar-refractivity contribution >= 4 is 0 Å². The first-order valence-electron chi connectivity index (χ1n) is 19.3. The van der Waals surface area contributed by atoms with Crippen molar-refractivity contribution in [3.63, 3.8) is 0 Å². The van der Waals surface area contributed by atoms with Crippen molar-refractivity contribution < 1.29 is 0 Å². The Morgan fingerprint density at radius 3 is 1.22 bits per heavy atom. The third-order valence-electron chi connectivity index (χ3n) is 13.4. The molecule has 0 amide bonds. The number of hydrogen-bond donors (Lipinski definition) is 0. The van der Waals surface area contributed by atoms with Crippen LogP contribution in [0.5, 0.6) is 0 Å². The van der Waals surface area contributed by atoms with Gasteiger partial charge in [0.15, 0.2) is 0 Å². The standard InChI is InChI=1S/C41H84/c1-16-23-29(5)27-21-20-22-28-40(25-18-3)37(13)39(15)41(26-19-4)38(14)36(12)35(11)34(10)33(9)32(8)31(7)30(6)24-17-2/h29-41H,16-28H2,1-15H3. The van der Waals surface area contributed by atoms with Crippen LogP contribution in [0, 0.1) is 76.9 Å². The van der Waals surface area contributed by atoms with E-state index in [0.717, 1.165) is 76.9 Å². The van der Waals surface area contributed by atoms with Crippen LogP contribution in [0.1, 0.15) is 187 Å². The molecule has 0 aliphatic rings. The van der Waals surface area contributed by atoms with Gasteiger partial charge in [0.1, 0.15) is 0 Å². The lowest BCUT2D eigenvalue weighted by Gasteiger charge is -2.43. The summed E-state index contributed by atoms with van der Waals surface area (Å²) in [5, 5.41) is 0. The van der Waals surface area contributed by atoms with Gasteiger partial charge in [-0.2, -0.15) is 0 Å². The fourth-order valence-electron chi connectivity index (χ4n) is 8.93. The van der Waals surface area contributed by atoms with E-state index >= 15 is 0 Å². The maximum absolute atomic E-state index is 2.65. The molecule has 41 heavy (non-hydrogen) atoms. The van der Waals surface area contributed by atoms with Gasteiger partial charge in [-0.25, -0.2) is 0 Å². The van der Waals surface area contributed by atoms with E-state index in [2.05, 4.69) is 104 Å². The van der Waals surface area contributed by atoms with Crippen LogP contribution in [0.3, 0.4) is 0 Å². The second-order valence-corrected chi connectivity index (χ2v) is 16.0. The molecule has 248 valence electrons. The Balaban J connectivity index is 5.37.